The topological polar surface area (TPSA) is 12.0 Å². The summed E-state index contributed by atoms with van der Waals surface area (Å²) in [4.78, 5) is 0. The molecule has 1 aliphatic carbocycles. The molecule has 1 aromatic carbocycles. The van der Waals surface area contributed by atoms with Gasteiger partial charge in [-0.3, -0.25) is 0 Å². The predicted octanol–water partition coefficient (Wildman–Crippen LogP) is 5.21. The Labute approximate surface area is 124 Å². The van der Waals surface area contributed by atoms with Gasteiger partial charge in [-0.2, -0.15) is 0 Å². The predicted molar refractivity (Wildman–Crippen MR) is 81.7 cm³/mol. The quantitative estimate of drug-likeness (QED) is 0.800. The third kappa shape index (κ3) is 3.38. The molecule has 1 saturated carbocycles. The van der Waals surface area contributed by atoms with Gasteiger partial charge in [0, 0.05) is 6.04 Å². The standard InChI is InChI=1S/C16H23BrFN/c1-3-19-15(16(2)9-5-4-6-10-16)12-7-8-14(18)13(17)11-12/h7-8,11,15,19H,3-6,9-10H2,1-2H3. The summed E-state index contributed by atoms with van der Waals surface area (Å²) in [7, 11) is 0. The lowest BCUT2D eigenvalue weighted by atomic mass is 9.68. The van der Waals surface area contributed by atoms with E-state index in [1.165, 1.54) is 37.7 Å². The molecule has 1 fully saturated rings. The van der Waals surface area contributed by atoms with Gasteiger partial charge in [-0.15, -0.1) is 0 Å². The summed E-state index contributed by atoms with van der Waals surface area (Å²) in [5.74, 6) is -0.187. The van der Waals surface area contributed by atoms with Crippen LogP contribution in [0, 0.1) is 11.2 Å². The van der Waals surface area contributed by atoms with Gasteiger partial charge in [-0.05, 0) is 58.4 Å². The number of benzene rings is 1. The molecule has 2 rings (SSSR count). The molecule has 0 radical (unpaired) electrons. The molecule has 0 spiro atoms. The van der Waals surface area contributed by atoms with Crippen LogP contribution in [-0.4, -0.2) is 6.54 Å². The number of rotatable bonds is 4. The van der Waals surface area contributed by atoms with Crippen molar-refractivity contribution in [1.82, 2.24) is 5.32 Å². The Morgan fingerprint density at radius 2 is 2.00 bits per heavy atom. The molecule has 0 saturated heterocycles. The van der Waals surface area contributed by atoms with Crippen molar-refractivity contribution in [3.63, 3.8) is 0 Å². The Hall–Kier alpha value is -0.410. The summed E-state index contributed by atoms with van der Waals surface area (Å²) in [6.45, 7) is 5.45. The van der Waals surface area contributed by atoms with Gasteiger partial charge in [0.2, 0.25) is 0 Å². The van der Waals surface area contributed by atoms with E-state index in [2.05, 4.69) is 35.1 Å². The summed E-state index contributed by atoms with van der Waals surface area (Å²) in [5, 5.41) is 3.61. The molecule has 0 aromatic heterocycles. The van der Waals surface area contributed by atoms with E-state index in [4.69, 9.17) is 0 Å². The molecule has 106 valence electrons. The number of hydrogen-bond donors (Lipinski definition) is 1. The van der Waals surface area contributed by atoms with E-state index >= 15 is 0 Å². The van der Waals surface area contributed by atoms with Crippen LogP contribution in [0.4, 0.5) is 4.39 Å². The van der Waals surface area contributed by atoms with Gasteiger partial charge in [-0.25, -0.2) is 4.39 Å². The lowest BCUT2D eigenvalue weighted by Crippen LogP contribution is -2.37. The van der Waals surface area contributed by atoms with Crippen molar-refractivity contribution in [3.05, 3.63) is 34.1 Å². The van der Waals surface area contributed by atoms with Crippen LogP contribution in [0.25, 0.3) is 0 Å². The monoisotopic (exact) mass is 327 g/mol. The molecular weight excluding hydrogens is 305 g/mol. The summed E-state index contributed by atoms with van der Waals surface area (Å²) < 4.78 is 14.0. The lowest BCUT2D eigenvalue weighted by Gasteiger charge is -2.41. The molecule has 0 heterocycles. The Morgan fingerprint density at radius 3 is 2.58 bits per heavy atom. The lowest BCUT2D eigenvalue weighted by molar-refractivity contribution is 0.146. The minimum absolute atomic E-state index is 0.187. The number of nitrogens with one attached hydrogen (secondary N) is 1. The zero-order valence-corrected chi connectivity index (χ0v) is 13.4. The third-order valence-corrected chi connectivity index (χ3v) is 4.99. The molecule has 0 amide bonds. The van der Waals surface area contributed by atoms with Crippen molar-refractivity contribution in [3.8, 4) is 0 Å². The molecule has 1 unspecified atom stereocenters. The van der Waals surface area contributed by atoms with E-state index in [9.17, 15) is 4.39 Å². The highest BCUT2D eigenvalue weighted by atomic mass is 79.9. The van der Waals surface area contributed by atoms with E-state index < -0.39 is 0 Å². The van der Waals surface area contributed by atoms with E-state index in [1.54, 1.807) is 6.07 Å². The van der Waals surface area contributed by atoms with Crippen LogP contribution in [0.2, 0.25) is 0 Å². The Bertz CT molecular complexity index is 427. The second-order valence-corrected chi connectivity index (χ2v) is 6.73. The second kappa shape index (κ2) is 6.36. The van der Waals surface area contributed by atoms with E-state index in [0.29, 0.717) is 10.5 Å². The molecule has 1 nitrogen and oxygen atoms in total. The van der Waals surface area contributed by atoms with Crippen molar-refractivity contribution < 1.29 is 4.39 Å². The maximum Gasteiger partial charge on any atom is 0.137 e. The normalized spacial score (nSPS) is 20.2. The molecule has 1 aliphatic rings. The van der Waals surface area contributed by atoms with Gasteiger partial charge in [0.25, 0.3) is 0 Å². The van der Waals surface area contributed by atoms with Crippen LogP contribution in [-0.2, 0) is 0 Å². The average molecular weight is 328 g/mol. The van der Waals surface area contributed by atoms with Crippen molar-refractivity contribution in [2.75, 3.05) is 6.54 Å². The van der Waals surface area contributed by atoms with E-state index in [0.717, 1.165) is 6.54 Å². The first-order valence-electron chi connectivity index (χ1n) is 7.25. The fourth-order valence-electron chi connectivity index (χ4n) is 3.31. The number of halogens is 2. The van der Waals surface area contributed by atoms with Crippen molar-refractivity contribution in [2.45, 2.75) is 52.0 Å². The molecule has 1 atom stereocenters. The molecule has 3 heteroatoms. The first-order valence-corrected chi connectivity index (χ1v) is 8.04. The smallest absolute Gasteiger partial charge is 0.137 e. The Morgan fingerprint density at radius 1 is 1.32 bits per heavy atom. The minimum atomic E-state index is -0.187. The largest absolute Gasteiger partial charge is 0.310 e. The minimum Gasteiger partial charge on any atom is -0.310 e. The molecule has 1 N–H and O–H groups in total. The van der Waals surface area contributed by atoms with Gasteiger partial charge in [0.05, 0.1) is 4.47 Å². The van der Waals surface area contributed by atoms with Crippen LogP contribution in [0.15, 0.2) is 22.7 Å². The molecule has 1 aromatic rings. The Kier molecular flexibility index (Phi) is 5.02. The summed E-state index contributed by atoms with van der Waals surface area (Å²) in [5.41, 5.74) is 1.48. The van der Waals surface area contributed by atoms with Crippen LogP contribution < -0.4 is 5.32 Å². The fourth-order valence-corrected chi connectivity index (χ4v) is 3.71. The SMILES string of the molecule is CCNC(c1ccc(F)c(Br)c1)C1(C)CCCCC1. The zero-order chi connectivity index (χ0) is 13.9. The van der Waals surface area contributed by atoms with Crippen LogP contribution in [0.5, 0.6) is 0 Å². The Balaban J connectivity index is 2.30. The summed E-state index contributed by atoms with van der Waals surface area (Å²) in [6.07, 6.45) is 6.46. The number of hydrogen-bond acceptors (Lipinski definition) is 1. The highest BCUT2D eigenvalue weighted by molar-refractivity contribution is 9.10. The first-order chi connectivity index (χ1) is 9.07. The van der Waals surface area contributed by atoms with Crippen molar-refractivity contribution in [1.29, 1.82) is 0 Å². The van der Waals surface area contributed by atoms with Gasteiger partial charge >= 0.3 is 0 Å². The second-order valence-electron chi connectivity index (χ2n) is 5.88. The van der Waals surface area contributed by atoms with E-state index in [1.807, 2.05) is 12.1 Å². The zero-order valence-electron chi connectivity index (χ0n) is 11.8. The van der Waals surface area contributed by atoms with Crippen LogP contribution in [0.1, 0.15) is 57.6 Å². The maximum absolute atomic E-state index is 13.4. The van der Waals surface area contributed by atoms with Crippen molar-refractivity contribution in [2.24, 2.45) is 5.41 Å². The van der Waals surface area contributed by atoms with E-state index in [-0.39, 0.29) is 11.2 Å². The fraction of sp³-hybridized carbons (Fsp3) is 0.625. The van der Waals surface area contributed by atoms with Gasteiger partial charge in [-0.1, -0.05) is 39.2 Å². The van der Waals surface area contributed by atoms with Gasteiger partial charge in [0.15, 0.2) is 0 Å². The average Bonchev–Trinajstić information content (AvgIpc) is 2.40. The van der Waals surface area contributed by atoms with Crippen LogP contribution >= 0.6 is 15.9 Å². The molecular formula is C16H23BrFN. The highest BCUT2D eigenvalue weighted by Gasteiger charge is 2.36. The highest BCUT2D eigenvalue weighted by Crippen LogP contribution is 2.46. The van der Waals surface area contributed by atoms with Crippen molar-refractivity contribution >= 4 is 15.9 Å². The van der Waals surface area contributed by atoms with Gasteiger partial charge in [0.1, 0.15) is 5.82 Å². The van der Waals surface area contributed by atoms with Gasteiger partial charge < -0.3 is 5.32 Å². The molecule has 0 bridgehead atoms. The summed E-state index contributed by atoms with van der Waals surface area (Å²) >= 11 is 3.30. The molecule has 0 aliphatic heterocycles. The van der Waals surface area contributed by atoms with Crippen LogP contribution in [0.3, 0.4) is 0 Å². The summed E-state index contributed by atoms with van der Waals surface area (Å²) in [6, 6.07) is 5.74. The third-order valence-electron chi connectivity index (χ3n) is 4.38. The molecule has 19 heavy (non-hydrogen) atoms. The maximum atomic E-state index is 13.4. The first kappa shape index (κ1) is 15.0.